The number of hydrazine groups is 1. The van der Waals surface area contributed by atoms with Gasteiger partial charge in [0.25, 0.3) is 5.91 Å². The molecule has 0 aliphatic carbocycles. The van der Waals surface area contributed by atoms with Gasteiger partial charge in [-0.15, -0.1) is 0 Å². The van der Waals surface area contributed by atoms with E-state index in [0.29, 0.717) is 22.4 Å². The second-order valence-electron chi connectivity index (χ2n) is 4.13. The van der Waals surface area contributed by atoms with Crippen LogP contribution in [0.15, 0.2) is 12.3 Å². The highest BCUT2D eigenvalue weighted by Crippen LogP contribution is 2.24. The van der Waals surface area contributed by atoms with Gasteiger partial charge in [0, 0.05) is 25.0 Å². The van der Waals surface area contributed by atoms with Gasteiger partial charge in [0.15, 0.2) is 5.82 Å². The van der Waals surface area contributed by atoms with Crippen LogP contribution in [0.3, 0.4) is 0 Å². The zero-order chi connectivity index (χ0) is 13.1. The minimum atomic E-state index is -0.0551. The summed E-state index contributed by atoms with van der Waals surface area (Å²) in [5.41, 5.74) is 2.86. The molecule has 18 heavy (non-hydrogen) atoms. The van der Waals surface area contributed by atoms with Crippen molar-refractivity contribution in [1.29, 1.82) is 0 Å². The predicted molar refractivity (Wildman–Crippen MR) is 74.9 cm³/mol. The number of hydrogen-bond acceptors (Lipinski definition) is 5. The summed E-state index contributed by atoms with van der Waals surface area (Å²) in [4.78, 5) is 18.0. The molecule has 1 aliphatic rings. The Morgan fingerprint density at radius 1 is 1.72 bits per heavy atom. The number of aromatic nitrogens is 1. The Labute approximate surface area is 115 Å². The lowest BCUT2D eigenvalue weighted by molar-refractivity contribution is 0.0747. The van der Waals surface area contributed by atoms with Crippen molar-refractivity contribution in [3.8, 4) is 0 Å². The maximum Gasteiger partial charge on any atom is 0.255 e. The first-order valence-electron chi connectivity index (χ1n) is 5.60. The Morgan fingerprint density at radius 3 is 3.06 bits per heavy atom. The summed E-state index contributed by atoms with van der Waals surface area (Å²) >= 11 is 7.83. The number of anilines is 1. The van der Waals surface area contributed by atoms with Gasteiger partial charge in [-0.25, -0.2) is 10.8 Å². The number of halogens is 1. The third-order valence-electron chi connectivity index (χ3n) is 3.00. The molecule has 0 aromatic carbocycles. The van der Waals surface area contributed by atoms with E-state index in [-0.39, 0.29) is 5.91 Å². The van der Waals surface area contributed by atoms with Gasteiger partial charge in [-0.3, -0.25) is 4.79 Å². The van der Waals surface area contributed by atoms with Crippen molar-refractivity contribution >= 4 is 35.1 Å². The standard InChI is InChI=1S/C11H15ClN4OS/c1-16(8-2-3-18-6-8)11(17)7-4-9(12)10(15-13)14-5-7/h4-5,8H,2-3,6,13H2,1H3,(H,14,15). The summed E-state index contributed by atoms with van der Waals surface area (Å²) in [6.45, 7) is 0. The molecule has 1 atom stereocenters. The molecule has 1 fully saturated rings. The number of nitrogens with two attached hydrogens (primary N) is 1. The Kier molecular flexibility index (Phi) is 4.31. The highest BCUT2D eigenvalue weighted by molar-refractivity contribution is 7.99. The monoisotopic (exact) mass is 286 g/mol. The van der Waals surface area contributed by atoms with Crippen LogP contribution >= 0.6 is 23.4 Å². The average Bonchev–Trinajstić information content (AvgIpc) is 2.90. The number of pyridine rings is 1. The third-order valence-corrected chi connectivity index (χ3v) is 4.43. The van der Waals surface area contributed by atoms with Crippen LogP contribution in [0, 0.1) is 0 Å². The van der Waals surface area contributed by atoms with Crippen LogP contribution in [0.5, 0.6) is 0 Å². The molecule has 3 N–H and O–H groups in total. The van der Waals surface area contributed by atoms with Crippen LogP contribution < -0.4 is 11.3 Å². The van der Waals surface area contributed by atoms with Crippen LogP contribution in [-0.4, -0.2) is 40.4 Å². The number of nitrogen functional groups attached to an aromatic ring is 1. The van der Waals surface area contributed by atoms with Gasteiger partial charge >= 0.3 is 0 Å². The first kappa shape index (κ1) is 13.5. The van der Waals surface area contributed by atoms with Crippen molar-refractivity contribution in [1.82, 2.24) is 9.88 Å². The molecule has 0 radical (unpaired) electrons. The van der Waals surface area contributed by atoms with Gasteiger partial charge in [0.05, 0.1) is 10.6 Å². The smallest absolute Gasteiger partial charge is 0.255 e. The van der Waals surface area contributed by atoms with E-state index < -0.39 is 0 Å². The minimum absolute atomic E-state index is 0.0551. The fourth-order valence-electron chi connectivity index (χ4n) is 1.86. The molecule has 2 rings (SSSR count). The molecule has 0 bridgehead atoms. The molecule has 1 aliphatic heterocycles. The van der Waals surface area contributed by atoms with E-state index in [1.165, 1.54) is 6.20 Å². The minimum Gasteiger partial charge on any atom is -0.338 e. The zero-order valence-electron chi connectivity index (χ0n) is 10.0. The topological polar surface area (TPSA) is 71.2 Å². The molecule has 5 nitrogen and oxygen atoms in total. The Hall–Kier alpha value is -0.980. The van der Waals surface area contributed by atoms with Crippen molar-refractivity contribution in [3.63, 3.8) is 0 Å². The van der Waals surface area contributed by atoms with E-state index in [1.54, 1.807) is 11.0 Å². The Balaban J connectivity index is 2.15. The molecule has 2 heterocycles. The van der Waals surface area contributed by atoms with E-state index in [9.17, 15) is 4.79 Å². The highest BCUT2D eigenvalue weighted by Gasteiger charge is 2.25. The van der Waals surface area contributed by atoms with Crippen LogP contribution in [0.4, 0.5) is 5.82 Å². The molecule has 7 heteroatoms. The summed E-state index contributed by atoms with van der Waals surface area (Å²) < 4.78 is 0. The third kappa shape index (κ3) is 2.71. The van der Waals surface area contributed by atoms with Crippen molar-refractivity contribution in [2.45, 2.75) is 12.5 Å². The normalized spacial score (nSPS) is 18.7. The van der Waals surface area contributed by atoms with Crippen LogP contribution in [0.1, 0.15) is 16.8 Å². The number of hydrogen-bond donors (Lipinski definition) is 2. The lowest BCUT2D eigenvalue weighted by Crippen LogP contribution is -2.37. The molecule has 0 saturated carbocycles. The number of thioether (sulfide) groups is 1. The maximum absolute atomic E-state index is 12.2. The SMILES string of the molecule is CN(C(=O)c1cnc(NN)c(Cl)c1)C1CCSC1. The molecular weight excluding hydrogens is 272 g/mol. The van der Waals surface area contributed by atoms with E-state index >= 15 is 0 Å². The summed E-state index contributed by atoms with van der Waals surface area (Å²) in [7, 11) is 1.82. The van der Waals surface area contributed by atoms with E-state index in [1.807, 2.05) is 18.8 Å². The highest BCUT2D eigenvalue weighted by atomic mass is 35.5. The number of nitrogens with one attached hydrogen (secondary N) is 1. The first-order valence-corrected chi connectivity index (χ1v) is 7.14. The number of nitrogens with zero attached hydrogens (tertiary/aromatic N) is 2. The summed E-state index contributed by atoms with van der Waals surface area (Å²) in [6.07, 6.45) is 2.53. The van der Waals surface area contributed by atoms with E-state index in [2.05, 4.69) is 10.4 Å². The zero-order valence-corrected chi connectivity index (χ0v) is 11.6. The van der Waals surface area contributed by atoms with Gasteiger partial charge in [0.2, 0.25) is 0 Å². The maximum atomic E-state index is 12.2. The molecule has 1 aromatic rings. The van der Waals surface area contributed by atoms with Gasteiger partial charge in [-0.1, -0.05) is 11.6 Å². The fourth-order valence-corrected chi connectivity index (χ4v) is 3.35. The van der Waals surface area contributed by atoms with Gasteiger partial charge in [-0.05, 0) is 18.2 Å². The second kappa shape index (κ2) is 5.77. The molecule has 1 saturated heterocycles. The number of rotatable bonds is 3. The van der Waals surface area contributed by atoms with Crippen molar-refractivity contribution in [2.24, 2.45) is 5.84 Å². The quantitative estimate of drug-likeness (QED) is 0.652. The molecule has 0 spiro atoms. The lowest BCUT2D eigenvalue weighted by atomic mass is 10.2. The molecule has 1 unspecified atom stereocenters. The van der Waals surface area contributed by atoms with Crippen LogP contribution in [-0.2, 0) is 0 Å². The average molecular weight is 287 g/mol. The number of amides is 1. The molecule has 1 amide bonds. The molecule has 98 valence electrons. The van der Waals surface area contributed by atoms with Crippen LogP contribution in [0.2, 0.25) is 5.02 Å². The molecular formula is C11H15ClN4OS. The number of carbonyl (C=O) groups is 1. The van der Waals surface area contributed by atoms with Crippen molar-refractivity contribution in [2.75, 3.05) is 24.0 Å². The van der Waals surface area contributed by atoms with Gasteiger partial charge in [-0.2, -0.15) is 11.8 Å². The Bertz CT molecular complexity index is 451. The Morgan fingerprint density at radius 2 is 2.50 bits per heavy atom. The van der Waals surface area contributed by atoms with Gasteiger partial charge in [0.1, 0.15) is 0 Å². The van der Waals surface area contributed by atoms with Gasteiger partial charge < -0.3 is 10.3 Å². The van der Waals surface area contributed by atoms with Crippen molar-refractivity contribution in [3.05, 3.63) is 22.8 Å². The van der Waals surface area contributed by atoms with E-state index in [4.69, 9.17) is 17.4 Å². The second-order valence-corrected chi connectivity index (χ2v) is 5.69. The number of carbonyl (C=O) groups excluding carboxylic acids is 1. The predicted octanol–water partition coefficient (Wildman–Crippen LogP) is 1.60. The largest absolute Gasteiger partial charge is 0.338 e. The summed E-state index contributed by atoms with van der Waals surface area (Å²) in [6, 6.07) is 1.89. The van der Waals surface area contributed by atoms with Crippen molar-refractivity contribution < 1.29 is 4.79 Å². The first-order chi connectivity index (χ1) is 8.63. The summed E-state index contributed by atoms with van der Waals surface area (Å²) in [5.74, 6) is 7.65. The molecule has 1 aromatic heterocycles. The van der Waals surface area contributed by atoms with E-state index in [0.717, 1.165) is 17.9 Å². The fraction of sp³-hybridized carbons (Fsp3) is 0.455. The summed E-state index contributed by atoms with van der Waals surface area (Å²) in [5, 5.41) is 0.345. The lowest BCUT2D eigenvalue weighted by Gasteiger charge is -2.23. The van der Waals surface area contributed by atoms with Crippen LogP contribution in [0.25, 0.3) is 0 Å².